The fourth-order valence-corrected chi connectivity index (χ4v) is 2.30. The van der Waals surface area contributed by atoms with Crippen LogP contribution in [-0.2, 0) is 4.79 Å². The summed E-state index contributed by atoms with van der Waals surface area (Å²) in [6.45, 7) is 0.543. The van der Waals surface area contributed by atoms with E-state index in [0.29, 0.717) is 19.0 Å². The molecule has 2 N–H and O–H groups in total. The Kier molecular flexibility index (Phi) is 3.11. The van der Waals surface area contributed by atoms with Gasteiger partial charge in [0.2, 0.25) is 5.91 Å². The first kappa shape index (κ1) is 12.0. The zero-order chi connectivity index (χ0) is 13.2. The summed E-state index contributed by atoms with van der Waals surface area (Å²) < 4.78 is 0. The average Bonchev–Trinajstić information content (AvgIpc) is 3.13. The molecule has 5 nitrogen and oxygen atoms in total. The molecule has 0 unspecified atom stereocenters. The maximum Gasteiger partial charge on any atom is 0.315 e. The second-order valence-corrected chi connectivity index (χ2v) is 5.13. The standard InChI is InChI=1S/C14H17N3O2/c18-13-8-11(16-14(19)15-10-6-7-10)9-17(13)12-4-2-1-3-5-12/h1-5,10-11H,6-9H2,(H2,15,16,19)/t11-/m0/s1. The molecule has 1 saturated carbocycles. The highest BCUT2D eigenvalue weighted by Gasteiger charge is 2.32. The summed E-state index contributed by atoms with van der Waals surface area (Å²) in [5.74, 6) is 0.0583. The van der Waals surface area contributed by atoms with Crippen LogP contribution < -0.4 is 15.5 Å². The lowest BCUT2D eigenvalue weighted by molar-refractivity contribution is -0.117. The minimum Gasteiger partial charge on any atom is -0.335 e. The molecule has 1 aliphatic heterocycles. The molecule has 2 fully saturated rings. The quantitative estimate of drug-likeness (QED) is 0.858. The van der Waals surface area contributed by atoms with Gasteiger partial charge in [0.05, 0.1) is 6.04 Å². The van der Waals surface area contributed by atoms with Crippen LogP contribution in [0, 0.1) is 0 Å². The van der Waals surface area contributed by atoms with E-state index >= 15 is 0 Å². The van der Waals surface area contributed by atoms with Crippen LogP contribution in [0.2, 0.25) is 0 Å². The molecule has 1 aromatic rings. The zero-order valence-electron chi connectivity index (χ0n) is 10.6. The molecular formula is C14H17N3O2. The Morgan fingerprint density at radius 1 is 1.11 bits per heavy atom. The van der Waals surface area contributed by atoms with Gasteiger partial charge >= 0.3 is 6.03 Å². The van der Waals surface area contributed by atoms with Gasteiger partial charge in [0.15, 0.2) is 0 Å². The van der Waals surface area contributed by atoms with Crippen molar-refractivity contribution in [3.8, 4) is 0 Å². The normalized spacial score (nSPS) is 22.4. The minimum absolute atomic E-state index is 0.0583. The molecule has 0 radical (unpaired) electrons. The van der Waals surface area contributed by atoms with E-state index in [9.17, 15) is 9.59 Å². The molecule has 1 heterocycles. The Balaban J connectivity index is 1.58. The number of urea groups is 1. The lowest BCUT2D eigenvalue weighted by Crippen LogP contribution is -2.44. The van der Waals surface area contributed by atoms with Crippen LogP contribution in [0.15, 0.2) is 30.3 Å². The largest absolute Gasteiger partial charge is 0.335 e. The van der Waals surface area contributed by atoms with Gasteiger partial charge < -0.3 is 15.5 Å². The molecule has 0 spiro atoms. The van der Waals surface area contributed by atoms with Crippen molar-refractivity contribution in [2.45, 2.75) is 31.3 Å². The van der Waals surface area contributed by atoms with Crippen LogP contribution in [-0.4, -0.2) is 30.6 Å². The summed E-state index contributed by atoms with van der Waals surface area (Å²) in [7, 11) is 0. The van der Waals surface area contributed by atoms with Crippen molar-refractivity contribution in [2.75, 3.05) is 11.4 Å². The average molecular weight is 259 g/mol. The van der Waals surface area contributed by atoms with E-state index in [0.717, 1.165) is 18.5 Å². The summed E-state index contributed by atoms with van der Waals surface area (Å²) in [6.07, 6.45) is 2.49. The van der Waals surface area contributed by atoms with Gasteiger partial charge in [0.1, 0.15) is 0 Å². The van der Waals surface area contributed by atoms with Crippen molar-refractivity contribution in [3.63, 3.8) is 0 Å². The summed E-state index contributed by atoms with van der Waals surface area (Å²) in [4.78, 5) is 25.3. The first-order valence-electron chi connectivity index (χ1n) is 6.65. The number of hydrogen-bond donors (Lipinski definition) is 2. The Hall–Kier alpha value is -2.04. The lowest BCUT2D eigenvalue weighted by Gasteiger charge is -2.17. The molecule has 1 atom stereocenters. The molecule has 2 aliphatic rings. The van der Waals surface area contributed by atoms with E-state index < -0.39 is 0 Å². The number of anilines is 1. The summed E-state index contributed by atoms with van der Waals surface area (Å²) in [5.41, 5.74) is 0.888. The Bertz CT molecular complexity index is 485. The highest BCUT2D eigenvalue weighted by atomic mass is 16.2. The maximum absolute atomic E-state index is 12.0. The molecule has 1 saturated heterocycles. The molecule has 1 aliphatic carbocycles. The van der Waals surface area contributed by atoms with Gasteiger partial charge in [-0.25, -0.2) is 4.79 Å². The molecule has 1 aromatic carbocycles. The van der Waals surface area contributed by atoms with Crippen LogP contribution in [0.1, 0.15) is 19.3 Å². The third kappa shape index (κ3) is 2.86. The Labute approximate surface area is 112 Å². The number of rotatable bonds is 3. The number of hydrogen-bond acceptors (Lipinski definition) is 2. The molecule has 0 bridgehead atoms. The highest BCUT2D eigenvalue weighted by molar-refractivity contribution is 5.96. The Morgan fingerprint density at radius 2 is 1.79 bits per heavy atom. The second kappa shape index (κ2) is 4.91. The lowest BCUT2D eigenvalue weighted by atomic mass is 10.2. The zero-order valence-corrected chi connectivity index (χ0v) is 10.6. The van der Waals surface area contributed by atoms with Crippen LogP contribution in [0.3, 0.4) is 0 Å². The maximum atomic E-state index is 12.0. The van der Waals surface area contributed by atoms with Gasteiger partial charge in [-0.15, -0.1) is 0 Å². The van der Waals surface area contributed by atoms with Gasteiger partial charge in [0, 0.05) is 24.7 Å². The second-order valence-electron chi connectivity index (χ2n) is 5.13. The number of nitrogens with one attached hydrogen (secondary N) is 2. The van der Waals surface area contributed by atoms with Crippen molar-refractivity contribution >= 4 is 17.6 Å². The number of para-hydroxylation sites is 1. The minimum atomic E-state index is -0.157. The fourth-order valence-electron chi connectivity index (χ4n) is 2.30. The summed E-state index contributed by atoms with van der Waals surface area (Å²) in [6, 6.07) is 9.62. The molecule has 3 amide bonds. The number of amides is 3. The molecule has 100 valence electrons. The van der Waals surface area contributed by atoms with Crippen molar-refractivity contribution < 1.29 is 9.59 Å². The number of carbonyl (C=O) groups excluding carboxylic acids is 2. The van der Waals surface area contributed by atoms with Gasteiger partial charge in [-0.05, 0) is 25.0 Å². The van der Waals surface area contributed by atoms with Crippen LogP contribution in [0.25, 0.3) is 0 Å². The van der Waals surface area contributed by atoms with Crippen LogP contribution >= 0.6 is 0 Å². The van der Waals surface area contributed by atoms with E-state index in [2.05, 4.69) is 10.6 Å². The fraction of sp³-hybridized carbons (Fsp3) is 0.429. The third-order valence-corrected chi connectivity index (χ3v) is 3.44. The van der Waals surface area contributed by atoms with Crippen LogP contribution in [0.4, 0.5) is 10.5 Å². The molecule has 19 heavy (non-hydrogen) atoms. The van der Waals surface area contributed by atoms with E-state index in [1.165, 1.54) is 0 Å². The first-order valence-corrected chi connectivity index (χ1v) is 6.65. The predicted molar refractivity (Wildman–Crippen MR) is 71.9 cm³/mol. The van der Waals surface area contributed by atoms with Crippen molar-refractivity contribution in [2.24, 2.45) is 0 Å². The van der Waals surface area contributed by atoms with E-state index in [1.54, 1.807) is 4.90 Å². The SMILES string of the molecule is O=C(NC1CC1)N[C@H]1CC(=O)N(c2ccccc2)C1. The van der Waals surface area contributed by atoms with Gasteiger partial charge in [0.25, 0.3) is 0 Å². The van der Waals surface area contributed by atoms with Crippen molar-refractivity contribution in [1.82, 2.24) is 10.6 Å². The number of nitrogens with zero attached hydrogens (tertiary/aromatic N) is 1. The predicted octanol–water partition coefficient (Wildman–Crippen LogP) is 1.25. The van der Waals surface area contributed by atoms with E-state index in [4.69, 9.17) is 0 Å². The van der Waals surface area contributed by atoms with Crippen molar-refractivity contribution in [1.29, 1.82) is 0 Å². The molecule has 3 rings (SSSR count). The number of carbonyl (C=O) groups is 2. The topological polar surface area (TPSA) is 61.4 Å². The number of benzene rings is 1. The van der Waals surface area contributed by atoms with Gasteiger partial charge in [-0.1, -0.05) is 18.2 Å². The molecule has 0 aromatic heterocycles. The van der Waals surface area contributed by atoms with E-state index in [-0.39, 0.29) is 18.0 Å². The smallest absolute Gasteiger partial charge is 0.315 e. The Morgan fingerprint density at radius 3 is 2.47 bits per heavy atom. The molecular weight excluding hydrogens is 242 g/mol. The van der Waals surface area contributed by atoms with E-state index in [1.807, 2.05) is 30.3 Å². The van der Waals surface area contributed by atoms with Crippen molar-refractivity contribution in [3.05, 3.63) is 30.3 Å². The monoisotopic (exact) mass is 259 g/mol. The van der Waals surface area contributed by atoms with Gasteiger partial charge in [-0.3, -0.25) is 4.79 Å². The summed E-state index contributed by atoms with van der Waals surface area (Å²) >= 11 is 0. The summed E-state index contributed by atoms with van der Waals surface area (Å²) in [5, 5.41) is 5.74. The molecule has 5 heteroatoms. The van der Waals surface area contributed by atoms with Crippen LogP contribution in [0.5, 0.6) is 0 Å². The first-order chi connectivity index (χ1) is 9.22. The third-order valence-electron chi connectivity index (χ3n) is 3.44. The van der Waals surface area contributed by atoms with Gasteiger partial charge in [-0.2, -0.15) is 0 Å². The highest BCUT2D eigenvalue weighted by Crippen LogP contribution is 2.21.